The number of pyridine rings is 1. The number of aromatic nitrogens is 1. The first-order valence-corrected chi connectivity index (χ1v) is 6.38. The van der Waals surface area contributed by atoms with Gasteiger partial charge in [0.15, 0.2) is 0 Å². The van der Waals surface area contributed by atoms with Crippen LogP contribution in [0.15, 0.2) is 42.7 Å². The fraction of sp³-hybridized carbons (Fsp3) is 0.312. The van der Waals surface area contributed by atoms with Crippen molar-refractivity contribution >= 4 is 0 Å². The van der Waals surface area contributed by atoms with Crippen molar-refractivity contribution in [3.05, 3.63) is 65.0 Å². The van der Waals surface area contributed by atoms with Crippen LogP contribution in [0.5, 0.6) is 0 Å². The maximum atomic E-state index is 6.23. The van der Waals surface area contributed by atoms with Crippen LogP contribution in [0.2, 0.25) is 0 Å². The minimum absolute atomic E-state index is 0.0694. The molecule has 0 spiro atoms. The highest BCUT2D eigenvalue weighted by Crippen LogP contribution is 2.19. The normalized spacial score (nSPS) is 12.4. The summed E-state index contributed by atoms with van der Waals surface area (Å²) >= 11 is 0. The molecule has 2 heteroatoms. The van der Waals surface area contributed by atoms with E-state index in [-0.39, 0.29) is 6.04 Å². The van der Waals surface area contributed by atoms with Gasteiger partial charge in [0, 0.05) is 18.4 Å². The number of hydrogen-bond donors (Lipinski definition) is 1. The standard InChI is InChI=1S/C16H20N2/c1-12-3-5-14(6-4-12)7-8-16(17)15-11-18-10-9-13(15)2/h3-6,9-11,16H,7-8,17H2,1-2H3. The molecule has 94 valence electrons. The van der Waals surface area contributed by atoms with E-state index < -0.39 is 0 Å². The number of nitrogens with zero attached hydrogens (tertiary/aromatic N) is 1. The molecule has 0 saturated heterocycles. The third-order valence-electron chi connectivity index (χ3n) is 3.34. The lowest BCUT2D eigenvalue weighted by Crippen LogP contribution is -2.13. The molecule has 0 aliphatic rings. The largest absolute Gasteiger partial charge is 0.324 e. The van der Waals surface area contributed by atoms with E-state index in [4.69, 9.17) is 5.73 Å². The summed E-state index contributed by atoms with van der Waals surface area (Å²) in [5, 5.41) is 0. The third-order valence-corrected chi connectivity index (χ3v) is 3.34. The first-order valence-electron chi connectivity index (χ1n) is 6.38. The summed E-state index contributed by atoms with van der Waals surface area (Å²) in [4.78, 5) is 4.15. The number of aryl methyl sites for hydroxylation is 3. The molecule has 0 saturated carbocycles. The fourth-order valence-corrected chi connectivity index (χ4v) is 2.10. The van der Waals surface area contributed by atoms with Gasteiger partial charge in [-0.3, -0.25) is 4.98 Å². The van der Waals surface area contributed by atoms with Crippen LogP contribution in [0.4, 0.5) is 0 Å². The summed E-state index contributed by atoms with van der Waals surface area (Å²) in [5.74, 6) is 0. The number of hydrogen-bond acceptors (Lipinski definition) is 2. The lowest BCUT2D eigenvalue weighted by atomic mass is 9.98. The summed E-state index contributed by atoms with van der Waals surface area (Å²) in [6.07, 6.45) is 5.66. The average Bonchev–Trinajstić information content (AvgIpc) is 2.38. The van der Waals surface area contributed by atoms with Crippen molar-refractivity contribution in [1.29, 1.82) is 0 Å². The lowest BCUT2D eigenvalue weighted by molar-refractivity contribution is 0.645. The summed E-state index contributed by atoms with van der Waals surface area (Å²) in [5.41, 5.74) is 11.3. The molecule has 1 unspecified atom stereocenters. The number of rotatable bonds is 4. The summed E-state index contributed by atoms with van der Waals surface area (Å²) in [6, 6.07) is 10.7. The van der Waals surface area contributed by atoms with Crippen LogP contribution in [0, 0.1) is 13.8 Å². The van der Waals surface area contributed by atoms with Crippen molar-refractivity contribution in [2.45, 2.75) is 32.7 Å². The third kappa shape index (κ3) is 3.17. The second-order valence-electron chi connectivity index (χ2n) is 4.86. The molecule has 2 rings (SSSR count). The topological polar surface area (TPSA) is 38.9 Å². The molecule has 0 aliphatic carbocycles. The van der Waals surface area contributed by atoms with Gasteiger partial charge in [0.2, 0.25) is 0 Å². The quantitative estimate of drug-likeness (QED) is 0.890. The highest BCUT2D eigenvalue weighted by Gasteiger charge is 2.08. The Morgan fingerprint density at radius 3 is 2.50 bits per heavy atom. The van der Waals surface area contributed by atoms with Gasteiger partial charge in [-0.2, -0.15) is 0 Å². The highest BCUT2D eigenvalue weighted by molar-refractivity contribution is 5.26. The van der Waals surface area contributed by atoms with Crippen LogP contribution in [-0.4, -0.2) is 4.98 Å². The van der Waals surface area contributed by atoms with Crippen LogP contribution in [-0.2, 0) is 6.42 Å². The molecule has 2 aromatic rings. The summed E-state index contributed by atoms with van der Waals surface area (Å²) < 4.78 is 0. The van der Waals surface area contributed by atoms with E-state index in [0.29, 0.717) is 0 Å². The van der Waals surface area contributed by atoms with Gasteiger partial charge < -0.3 is 5.73 Å². The molecule has 0 radical (unpaired) electrons. The summed E-state index contributed by atoms with van der Waals surface area (Å²) in [6.45, 7) is 4.19. The molecule has 1 aromatic carbocycles. The molecule has 18 heavy (non-hydrogen) atoms. The Morgan fingerprint density at radius 2 is 1.83 bits per heavy atom. The Hall–Kier alpha value is -1.67. The minimum atomic E-state index is 0.0694. The van der Waals surface area contributed by atoms with Gasteiger partial charge in [0.25, 0.3) is 0 Å². The zero-order chi connectivity index (χ0) is 13.0. The van der Waals surface area contributed by atoms with Crippen molar-refractivity contribution in [3.8, 4) is 0 Å². The van der Waals surface area contributed by atoms with Crippen molar-refractivity contribution < 1.29 is 0 Å². The summed E-state index contributed by atoms with van der Waals surface area (Å²) in [7, 11) is 0. The van der Waals surface area contributed by atoms with E-state index in [2.05, 4.69) is 43.1 Å². The van der Waals surface area contributed by atoms with Gasteiger partial charge in [-0.1, -0.05) is 29.8 Å². The van der Waals surface area contributed by atoms with Crippen LogP contribution < -0.4 is 5.73 Å². The molecule has 0 aliphatic heterocycles. The molecule has 1 heterocycles. The molecular formula is C16H20N2. The van der Waals surface area contributed by atoms with Crippen LogP contribution >= 0.6 is 0 Å². The van der Waals surface area contributed by atoms with Crippen molar-refractivity contribution in [2.24, 2.45) is 5.73 Å². The van der Waals surface area contributed by atoms with E-state index in [1.807, 2.05) is 18.5 Å². The fourth-order valence-electron chi connectivity index (χ4n) is 2.10. The zero-order valence-corrected chi connectivity index (χ0v) is 11.1. The Labute approximate surface area is 109 Å². The van der Waals surface area contributed by atoms with E-state index in [0.717, 1.165) is 18.4 Å². The number of benzene rings is 1. The van der Waals surface area contributed by atoms with E-state index in [1.54, 1.807) is 0 Å². The Bertz CT molecular complexity index is 503. The van der Waals surface area contributed by atoms with Gasteiger partial charge in [-0.15, -0.1) is 0 Å². The van der Waals surface area contributed by atoms with E-state index >= 15 is 0 Å². The molecule has 0 amide bonds. The van der Waals surface area contributed by atoms with E-state index in [1.165, 1.54) is 16.7 Å². The SMILES string of the molecule is Cc1ccc(CCC(N)c2cnccc2C)cc1. The van der Waals surface area contributed by atoms with Crippen molar-refractivity contribution in [1.82, 2.24) is 4.98 Å². The van der Waals surface area contributed by atoms with Gasteiger partial charge in [0.05, 0.1) is 0 Å². The maximum Gasteiger partial charge on any atom is 0.0318 e. The smallest absolute Gasteiger partial charge is 0.0318 e. The average molecular weight is 240 g/mol. The number of nitrogens with two attached hydrogens (primary N) is 1. The minimum Gasteiger partial charge on any atom is -0.324 e. The monoisotopic (exact) mass is 240 g/mol. The van der Waals surface area contributed by atoms with Gasteiger partial charge in [0.1, 0.15) is 0 Å². The molecule has 1 atom stereocenters. The van der Waals surface area contributed by atoms with Gasteiger partial charge in [-0.25, -0.2) is 0 Å². The van der Waals surface area contributed by atoms with Crippen molar-refractivity contribution in [3.63, 3.8) is 0 Å². The first kappa shape index (κ1) is 12.8. The molecule has 2 N–H and O–H groups in total. The Balaban J connectivity index is 1.98. The molecular weight excluding hydrogens is 220 g/mol. The molecule has 0 bridgehead atoms. The van der Waals surface area contributed by atoms with Crippen LogP contribution in [0.3, 0.4) is 0 Å². The maximum absolute atomic E-state index is 6.23. The lowest BCUT2D eigenvalue weighted by Gasteiger charge is -2.14. The zero-order valence-electron chi connectivity index (χ0n) is 11.1. The van der Waals surface area contributed by atoms with Gasteiger partial charge >= 0.3 is 0 Å². The van der Waals surface area contributed by atoms with Crippen LogP contribution in [0.25, 0.3) is 0 Å². The van der Waals surface area contributed by atoms with Gasteiger partial charge in [-0.05, 0) is 49.4 Å². The second kappa shape index (κ2) is 5.78. The molecule has 2 nitrogen and oxygen atoms in total. The predicted molar refractivity (Wildman–Crippen MR) is 75.4 cm³/mol. The molecule has 1 aromatic heterocycles. The van der Waals surface area contributed by atoms with Crippen molar-refractivity contribution in [2.75, 3.05) is 0 Å². The van der Waals surface area contributed by atoms with E-state index in [9.17, 15) is 0 Å². The second-order valence-corrected chi connectivity index (χ2v) is 4.86. The Morgan fingerprint density at radius 1 is 1.11 bits per heavy atom. The predicted octanol–water partition coefficient (Wildman–Crippen LogP) is 3.33. The van der Waals surface area contributed by atoms with Crippen LogP contribution in [0.1, 0.15) is 34.7 Å². The first-order chi connectivity index (χ1) is 8.66. The Kier molecular flexibility index (Phi) is 4.11. The molecule has 0 fully saturated rings. The highest BCUT2D eigenvalue weighted by atomic mass is 14.7.